The van der Waals surface area contributed by atoms with Gasteiger partial charge in [0.25, 0.3) is 0 Å². The van der Waals surface area contributed by atoms with E-state index in [0.29, 0.717) is 31.7 Å². The summed E-state index contributed by atoms with van der Waals surface area (Å²) in [5.41, 5.74) is 5.08. The van der Waals surface area contributed by atoms with E-state index in [2.05, 4.69) is 0 Å². The van der Waals surface area contributed by atoms with Gasteiger partial charge < -0.3 is 15.7 Å². The second-order valence-electron chi connectivity index (χ2n) is 5.14. The van der Waals surface area contributed by atoms with E-state index in [1.165, 1.54) is 4.90 Å². The van der Waals surface area contributed by atoms with E-state index in [0.717, 1.165) is 6.42 Å². The topological polar surface area (TPSA) is 83.6 Å². The zero-order chi connectivity index (χ0) is 11.9. The van der Waals surface area contributed by atoms with Crippen LogP contribution < -0.4 is 5.73 Å². The molecular formula is C11H18N2O3. The predicted octanol–water partition coefficient (Wildman–Crippen LogP) is 0.189. The van der Waals surface area contributed by atoms with Gasteiger partial charge in [0.1, 0.15) is 6.04 Å². The van der Waals surface area contributed by atoms with Gasteiger partial charge in [0, 0.05) is 6.54 Å². The number of rotatable bonds is 2. The number of likely N-dealkylation sites (tertiary alicyclic amines) is 1. The fourth-order valence-electron chi connectivity index (χ4n) is 2.25. The van der Waals surface area contributed by atoms with Crippen LogP contribution in [0.3, 0.4) is 0 Å². The summed E-state index contributed by atoms with van der Waals surface area (Å²) in [6.45, 7) is 2.54. The lowest BCUT2D eigenvalue weighted by atomic mass is 9.91. The maximum atomic E-state index is 12.0. The van der Waals surface area contributed by atoms with Crippen molar-refractivity contribution in [2.45, 2.75) is 44.2 Å². The Hall–Kier alpha value is -1.10. The van der Waals surface area contributed by atoms with Crippen LogP contribution in [0.25, 0.3) is 0 Å². The first-order chi connectivity index (χ1) is 7.44. The number of amides is 1. The normalized spacial score (nSPS) is 32.2. The Labute approximate surface area is 94.6 Å². The van der Waals surface area contributed by atoms with E-state index in [-0.39, 0.29) is 5.91 Å². The first-order valence-corrected chi connectivity index (χ1v) is 5.77. The molecular weight excluding hydrogens is 208 g/mol. The number of carboxylic acids is 1. The maximum Gasteiger partial charge on any atom is 0.326 e. The van der Waals surface area contributed by atoms with Crippen molar-refractivity contribution >= 4 is 11.9 Å². The Bertz CT molecular complexity index is 325. The zero-order valence-corrected chi connectivity index (χ0v) is 9.48. The second-order valence-corrected chi connectivity index (χ2v) is 5.14. The van der Waals surface area contributed by atoms with Crippen molar-refractivity contribution in [3.8, 4) is 0 Å². The van der Waals surface area contributed by atoms with E-state index in [4.69, 9.17) is 10.8 Å². The fraction of sp³-hybridized carbons (Fsp3) is 0.818. The summed E-state index contributed by atoms with van der Waals surface area (Å²) in [6.07, 6.45) is 2.78. The largest absolute Gasteiger partial charge is 0.480 e. The number of piperidine rings is 1. The number of carbonyl (C=O) groups excluding carboxylic acids is 1. The molecule has 2 aliphatic rings. The van der Waals surface area contributed by atoms with E-state index in [1.54, 1.807) is 0 Å². The molecule has 2 rings (SSSR count). The smallest absolute Gasteiger partial charge is 0.326 e. The summed E-state index contributed by atoms with van der Waals surface area (Å²) >= 11 is 0. The third-order valence-corrected chi connectivity index (χ3v) is 3.63. The molecule has 16 heavy (non-hydrogen) atoms. The molecule has 90 valence electrons. The van der Waals surface area contributed by atoms with Gasteiger partial charge in [-0.15, -0.1) is 0 Å². The molecule has 0 bridgehead atoms. The van der Waals surface area contributed by atoms with Gasteiger partial charge in [-0.25, -0.2) is 4.79 Å². The van der Waals surface area contributed by atoms with Crippen molar-refractivity contribution in [2.75, 3.05) is 6.54 Å². The summed E-state index contributed by atoms with van der Waals surface area (Å²) in [5, 5.41) is 9.13. The highest BCUT2D eigenvalue weighted by molar-refractivity contribution is 5.92. The van der Waals surface area contributed by atoms with Crippen molar-refractivity contribution in [3.05, 3.63) is 0 Å². The maximum absolute atomic E-state index is 12.0. The van der Waals surface area contributed by atoms with Crippen molar-refractivity contribution < 1.29 is 14.7 Å². The van der Waals surface area contributed by atoms with Crippen LogP contribution in [-0.4, -0.2) is 40.0 Å². The average Bonchev–Trinajstić information content (AvgIpc) is 2.96. The molecule has 5 nitrogen and oxygen atoms in total. The Balaban J connectivity index is 2.12. The quantitative estimate of drug-likeness (QED) is 0.704. The van der Waals surface area contributed by atoms with Crippen molar-refractivity contribution in [1.29, 1.82) is 0 Å². The van der Waals surface area contributed by atoms with Crippen LogP contribution in [0.5, 0.6) is 0 Å². The Kier molecular flexibility index (Phi) is 2.66. The van der Waals surface area contributed by atoms with Crippen molar-refractivity contribution in [3.63, 3.8) is 0 Å². The highest BCUT2D eigenvalue weighted by Gasteiger charge is 2.50. The van der Waals surface area contributed by atoms with E-state index >= 15 is 0 Å². The molecule has 3 N–H and O–H groups in total. The minimum atomic E-state index is -0.913. The number of nitrogens with two attached hydrogens (primary N) is 1. The van der Waals surface area contributed by atoms with Gasteiger partial charge in [-0.05, 0) is 31.6 Å². The molecule has 2 fully saturated rings. The summed E-state index contributed by atoms with van der Waals surface area (Å²) in [5.74, 6) is -0.728. The summed E-state index contributed by atoms with van der Waals surface area (Å²) in [6, 6.07) is -0.683. The Morgan fingerprint density at radius 3 is 2.56 bits per heavy atom. The third-order valence-electron chi connectivity index (χ3n) is 3.63. The first-order valence-electron chi connectivity index (χ1n) is 5.77. The van der Waals surface area contributed by atoms with Gasteiger partial charge in [-0.3, -0.25) is 4.79 Å². The number of aliphatic carboxylic acids is 1. The van der Waals surface area contributed by atoms with Crippen LogP contribution in [0.1, 0.15) is 32.6 Å². The predicted molar refractivity (Wildman–Crippen MR) is 57.7 cm³/mol. The standard InChI is InChI=1S/C11H18N2O3/c1-7-2-5-13(8(6-7)9(14)15)10(16)11(12)3-4-11/h7-8H,2-6,12H2,1H3,(H,14,15). The molecule has 1 heterocycles. The number of carboxylic acid groups (broad SMARTS) is 1. The SMILES string of the molecule is CC1CCN(C(=O)C2(N)CC2)C(C(=O)O)C1. The highest BCUT2D eigenvalue weighted by Crippen LogP contribution is 2.36. The Morgan fingerprint density at radius 1 is 1.44 bits per heavy atom. The van der Waals surface area contributed by atoms with Crippen LogP contribution in [0.15, 0.2) is 0 Å². The lowest BCUT2D eigenvalue weighted by Gasteiger charge is -2.37. The fourth-order valence-corrected chi connectivity index (χ4v) is 2.25. The lowest BCUT2D eigenvalue weighted by molar-refractivity contribution is -0.154. The zero-order valence-electron chi connectivity index (χ0n) is 9.48. The Morgan fingerprint density at radius 2 is 2.06 bits per heavy atom. The number of carbonyl (C=O) groups is 2. The molecule has 1 aliphatic heterocycles. The molecule has 1 aliphatic carbocycles. The van der Waals surface area contributed by atoms with E-state index in [9.17, 15) is 9.59 Å². The molecule has 1 amide bonds. The van der Waals surface area contributed by atoms with Crippen molar-refractivity contribution in [2.24, 2.45) is 11.7 Å². The summed E-state index contributed by atoms with van der Waals surface area (Å²) in [7, 11) is 0. The monoisotopic (exact) mass is 226 g/mol. The molecule has 1 saturated heterocycles. The van der Waals surface area contributed by atoms with Crippen LogP contribution in [-0.2, 0) is 9.59 Å². The lowest BCUT2D eigenvalue weighted by Crippen LogP contribution is -2.55. The third kappa shape index (κ3) is 1.91. The molecule has 0 radical (unpaired) electrons. The van der Waals surface area contributed by atoms with Gasteiger partial charge in [0.2, 0.25) is 5.91 Å². The molecule has 0 aromatic rings. The number of hydrogen-bond donors (Lipinski definition) is 2. The van der Waals surface area contributed by atoms with Crippen LogP contribution in [0.2, 0.25) is 0 Å². The molecule has 1 saturated carbocycles. The van der Waals surface area contributed by atoms with Crippen LogP contribution in [0.4, 0.5) is 0 Å². The molecule has 0 aromatic heterocycles. The van der Waals surface area contributed by atoms with Gasteiger partial charge in [0.05, 0.1) is 5.54 Å². The van der Waals surface area contributed by atoms with E-state index < -0.39 is 17.6 Å². The molecule has 2 atom stereocenters. The number of nitrogens with zero attached hydrogens (tertiary/aromatic N) is 1. The highest BCUT2D eigenvalue weighted by atomic mass is 16.4. The average molecular weight is 226 g/mol. The van der Waals surface area contributed by atoms with Crippen LogP contribution in [0, 0.1) is 5.92 Å². The molecule has 0 aromatic carbocycles. The van der Waals surface area contributed by atoms with Crippen LogP contribution >= 0.6 is 0 Å². The number of hydrogen-bond acceptors (Lipinski definition) is 3. The molecule has 5 heteroatoms. The second kappa shape index (κ2) is 3.73. The molecule has 2 unspecified atom stereocenters. The van der Waals surface area contributed by atoms with Gasteiger partial charge in [0.15, 0.2) is 0 Å². The minimum Gasteiger partial charge on any atom is -0.480 e. The van der Waals surface area contributed by atoms with Gasteiger partial charge in [-0.1, -0.05) is 6.92 Å². The van der Waals surface area contributed by atoms with Gasteiger partial charge in [-0.2, -0.15) is 0 Å². The summed E-state index contributed by atoms with van der Waals surface area (Å²) < 4.78 is 0. The van der Waals surface area contributed by atoms with E-state index in [1.807, 2.05) is 6.92 Å². The summed E-state index contributed by atoms with van der Waals surface area (Å²) in [4.78, 5) is 24.6. The molecule has 0 spiro atoms. The van der Waals surface area contributed by atoms with Crippen molar-refractivity contribution in [1.82, 2.24) is 4.90 Å². The van der Waals surface area contributed by atoms with Gasteiger partial charge >= 0.3 is 5.97 Å². The minimum absolute atomic E-state index is 0.174. The first kappa shape index (κ1) is 11.4.